The molecule has 0 unspecified atom stereocenters. The molecule has 0 N–H and O–H groups in total. The summed E-state index contributed by atoms with van der Waals surface area (Å²) in [6.45, 7) is 4.31. The maximum absolute atomic E-state index is 9.66. The van der Waals surface area contributed by atoms with Gasteiger partial charge in [0.05, 0.1) is 11.0 Å². The van der Waals surface area contributed by atoms with E-state index < -0.39 is 29.6 Å². The second kappa shape index (κ2) is 10.5. The third kappa shape index (κ3) is 3.98. The van der Waals surface area contributed by atoms with Crippen LogP contribution in [0, 0.1) is 0 Å². The molecule has 0 nitrogen and oxygen atoms in total. The van der Waals surface area contributed by atoms with E-state index in [1.165, 1.54) is 0 Å². The third-order valence-corrected chi connectivity index (χ3v) is 10.5. The van der Waals surface area contributed by atoms with Crippen molar-refractivity contribution in [3.63, 3.8) is 0 Å². The zero-order chi connectivity index (χ0) is 39.7. The summed E-state index contributed by atoms with van der Waals surface area (Å²) in [6.07, 6.45) is 0. The van der Waals surface area contributed by atoms with Crippen molar-refractivity contribution in [2.45, 2.75) is 19.3 Å². The first-order valence-corrected chi connectivity index (χ1v) is 16.6. The predicted molar refractivity (Wildman–Crippen MR) is 210 cm³/mol. The van der Waals surface area contributed by atoms with Gasteiger partial charge in [0.1, 0.15) is 0 Å². The van der Waals surface area contributed by atoms with E-state index in [4.69, 9.17) is 5.48 Å². The van der Waals surface area contributed by atoms with Crippen molar-refractivity contribution in [2.24, 2.45) is 0 Å². The van der Waals surface area contributed by atoms with Gasteiger partial charge in [-0.05, 0) is 98.7 Å². The van der Waals surface area contributed by atoms with Gasteiger partial charge >= 0.3 is 0 Å². The predicted octanol–water partition coefficient (Wildman–Crippen LogP) is 13.6. The van der Waals surface area contributed by atoms with Gasteiger partial charge in [-0.15, -0.1) is 0 Å². The maximum Gasteiger partial charge on any atom is 0.0629 e. The number of hydrogen-bond donors (Lipinski definition) is 0. The molecule has 0 heterocycles. The quantitative estimate of drug-likeness (QED) is 0.135. The Kier molecular flexibility index (Phi) is 4.52. The Morgan fingerprint density at radius 1 is 0.388 bits per heavy atom. The van der Waals surface area contributed by atoms with Gasteiger partial charge in [-0.2, -0.15) is 0 Å². The first-order chi connectivity index (χ1) is 27.4. The Morgan fingerprint density at radius 2 is 0.959 bits per heavy atom. The van der Waals surface area contributed by atoms with Crippen molar-refractivity contribution in [1.82, 2.24) is 0 Å². The van der Waals surface area contributed by atoms with Crippen molar-refractivity contribution >= 4 is 43.1 Å². The number of benzene rings is 9. The molecule has 1 aliphatic rings. The van der Waals surface area contributed by atoms with Crippen LogP contribution >= 0.6 is 0 Å². The summed E-state index contributed by atoms with van der Waals surface area (Å²) in [5.74, 6) is 0. The molecular formula is C49H34. The van der Waals surface area contributed by atoms with Crippen molar-refractivity contribution in [2.75, 3.05) is 0 Å². The van der Waals surface area contributed by atoms with Gasteiger partial charge in [0, 0.05) is 5.41 Å². The van der Waals surface area contributed by atoms with E-state index in [-0.39, 0.29) is 45.7 Å². The fourth-order valence-electron chi connectivity index (χ4n) is 8.40. The summed E-state index contributed by atoms with van der Waals surface area (Å²) >= 11 is 0. The fourth-order valence-corrected chi connectivity index (χ4v) is 8.40. The number of rotatable bonds is 3. The number of fused-ring (bicyclic) bond motifs is 8. The first kappa shape index (κ1) is 21.1. The molecule has 0 atom stereocenters. The molecule has 9 aromatic carbocycles. The third-order valence-electron chi connectivity index (χ3n) is 10.5. The minimum atomic E-state index is -0.601. The summed E-state index contributed by atoms with van der Waals surface area (Å²) in [7, 11) is 0. The molecule has 0 saturated carbocycles. The van der Waals surface area contributed by atoms with Gasteiger partial charge in [0.2, 0.25) is 0 Å². The molecule has 0 aromatic heterocycles. The summed E-state index contributed by atoms with van der Waals surface area (Å²) < 4.78 is 74.6. The van der Waals surface area contributed by atoms with E-state index in [9.17, 15) is 5.48 Å². The van der Waals surface area contributed by atoms with Gasteiger partial charge in [-0.3, -0.25) is 0 Å². The van der Waals surface area contributed by atoms with Crippen LogP contribution in [0.3, 0.4) is 0 Å². The zero-order valence-corrected chi connectivity index (χ0v) is 27.0. The lowest BCUT2D eigenvalue weighted by Gasteiger charge is -2.27. The summed E-state index contributed by atoms with van der Waals surface area (Å²) in [4.78, 5) is 0. The van der Waals surface area contributed by atoms with Gasteiger partial charge in [-0.1, -0.05) is 184 Å². The van der Waals surface area contributed by atoms with Gasteiger partial charge < -0.3 is 0 Å². The van der Waals surface area contributed by atoms with E-state index >= 15 is 0 Å². The fraction of sp³-hybridized carbons (Fsp3) is 0.0612. The Labute approximate surface area is 298 Å². The Bertz CT molecular complexity index is 3160. The number of hydrogen-bond acceptors (Lipinski definition) is 0. The minimum absolute atomic E-state index is 0.211. The van der Waals surface area contributed by atoms with Gasteiger partial charge in [-0.25, -0.2) is 0 Å². The van der Waals surface area contributed by atoms with E-state index in [0.717, 1.165) is 54.9 Å². The largest absolute Gasteiger partial charge is 0.0629 e. The van der Waals surface area contributed by atoms with E-state index in [0.29, 0.717) is 22.3 Å². The monoisotopic (exact) mass is 630 g/mol. The summed E-state index contributed by atoms with van der Waals surface area (Å²) in [5.41, 5.74) is 7.49. The standard InChI is InChI=1S/C49H34/c1-49(2)44-26-13-12-23-42(44)47-34(31-15-4-3-5-16-31)29-30-43(48(47)49)46-40-21-10-8-19-38(40)45(39-20-9-11-22-41(39)46)37-25-14-24-35-33-18-7-6-17-32(33)27-28-36(35)37/h3-30H,1-2H3/i8D,9D,10D,11D,19D,20D,21D,22D. The lowest BCUT2D eigenvalue weighted by Crippen LogP contribution is -2.16. The highest BCUT2D eigenvalue weighted by Crippen LogP contribution is 2.57. The molecule has 9 aromatic rings. The van der Waals surface area contributed by atoms with Crippen LogP contribution in [0.15, 0.2) is 170 Å². The smallest absolute Gasteiger partial charge is 0.0622 e. The van der Waals surface area contributed by atoms with Gasteiger partial charge in [0.15, 0.2) is 0 Å². The molecular weight excluding hydrogens is 589 g/mol. The molecule has 0 saturated heterocycles. The van der Waals surface area contributed by atoms with E-state index in [2.05, 4.69) is 38.1 Å². The summed E-state index contributed by atoms with van der Waals surface area (Å²) in [6, 6.07) is 37.6. The molecule has 0 radical (unpaired) electrons. The van der Waals surface area contributed by atoms with E-state index in [1.54, 1.807) is 0 Å². The second-order valence-corrected chi connectivity index (χ2v) is 13.4. The van der Waals surface area contributed by atoms with Crippen LogP contribution < -0.4 is 0 Å². The van der Waals surface area contributed by atoms with Crippen LogP contribution in [0.4, 0.5) is 0 Å². The van der Waals surface area contributed by atoms with Crippen LogP contribution in [0.5, 0.6) is 0 Å². The van der Waals surface area contributed by atoms with Crippen molar-refractivity contribution in [3.8, 4) is 44.5 Å². The van der Waals surface area contributed by atoms with Crippen LogP contribution in [0.2, 0.25) is 0 Å². The van der Waals surface area contributed by atoms with Crippen molar-refractivity contribution in [1.29, 1.82) is 0 Å². The molecule has 0 spiro atoms. The molecule has 10 rings (SSSR count). The second-order valence-electron chi connectivity index (χ2n) is 13.4. The lowest BCUT2D eigenvalue weighted by atomic mass is 9.76. The van der Waals surface area contributed by atoms with Crippen molar-refractivity contribution < 1.29 is 11.0 Å². The molecule has 0 amide bonds. The molecule has 0 bridgehead atoms. The first-order valence-electron chi connectivity index (χ1n) is 20.6. The maximum atomic E-state index is 9.66. The SMILES string of the molecule is [2H]c1c([2H])c([2H])c2c(-c3cccc4c3ccc3ccccc34)c3c([2H])c([2H])c([2H])c([2H])c3c(-c3ccc(-c4ccccc4)c4c3C(C)(C)c3ccccc3-4)c2c1[2H]. The van der Waals surface area contributed by atoms with Gasteiger partial charge in [0.25, 0.3) is 0 Å². The van der Waals surface area contributed by atoms with Crippen LogP contribution in [-0.4, -0.2) is 0 Å². The molecule has 0 heteroatoms. The highest BCUT2D eigenvalue weighted by Gasteiger charge is 2.39. The average molecular weight is 631 g/mol. The average Bonchev–Trinajstić information content (AvgIpc) is 3.48. The van der Waals surface area contributed by atoms with Crippen LogP contribution in [0.25, 0.3) is 87.6 Å². The molecule has 1 aliphatic carbocycles. The minimum Gasteiger partial charge on any atom is -0.0622 e. The highest BCUT2D eigenvalue weighted by atomic mass is 14.4. The Hall–Kier alpha value is -5.98. The lowest BCUT2D eigenvalue weighted by molar-refractivity contribution is 0.662. The molecule has 0 fully saturated rings. The Morgan fingerprint density at radius 3 is 1.69 bits per heavy atom. The summed E-state index contributed by atoms with van der Waals surface area (Å²) in [5, 5.41) is 4.61. The molecule has 0 aliphatic heterocycles. The molecule has 230 valence electrons. The van der Waals surface area contributed by atoms with E-state index in [1.807, 2.05) is 97.1 Å². The molecule has 49 heavy (non-hydrogen) atoms. The van der Waals surface area contributed by atoms with Crippen LogP contribution in [0.1, 0.15) is 35.9 Å². The normalized spacial score (nSPS) is 15.6. The topological polar surface area (TPSA) is 0 Å². The highest BCUT2D eigenvalue weighted by molar-refractivity contribution is 6.25. The Balaban J connectivity index is 1.48. The van der Waals surface area contributed by atoms with Crippen LogP contribution in [-0.2, 0) is 5.41 Å². The zero-order valence-electron chi connectivity index (χ0n) is 35.0. The van der Waals surface area contributed by atoms with Crippen molar-refractivity contribution in [3.05, 3.63) is 181 Å².